The maximum absolute atomic E-state index is 13.8. The highest BCUT2D eigenvalue weighted by molar-refractivity contribution is 6.30. The highest BCUT2D eigenvalue weighted by Crippen LogP contribution is 2.26. The highest BCUT2D eigenvalue weighted by Gasteiger charge is 2.19. The number of hydrazine groups is 1. The van der Waals surface area contributed by atoms with Gasteiger partial charge in [0.05, 0.1) is 23.0 Å². The van der Waals surface area contributed by atoms with Gasteiger partial charge in [-0.3, -0.25) is 15.8 Å². The summed E-state index contributed by atoms with van der Waals surface area (Å²) in [6.45, 7) is 0. The molecule has 88 valence electrons. The maximum Gasteiger partial charge on any atom is 0.147 e. The molecular formula is C11H10ClFN4. The number of benzene rings is 1. The number of hydrogen-bond donors (Lipinski definition) is 2. The quantitative estimate of drug-likeness (QED) is 0.646. The van der Waals surface area contributed by atoms with Crippen molar-refractivity contribution in [1.29, 1.82) is 0 Å². The van der Waals surface area contributed by atoms with Gasteiger partial charge in [-0.25, -0.2) is 9.82 Å². The molecular weight excluding hydrogens is 243 g/mol. The molecule has 1 unspecified atom stereocenters. The van der Waals surface area contributed by atoms with Crippen LogP contribution >= 0.6 is 11.6 Å². The Labute approximate surface area is 103 Å². The molecule has 0 aliphatic rings. The minimum atomic E-state index is -0.581. The zero-order chi connectivity index (χ0) is 12.3. The molecule has 0 radical (unpaired) electrons. The Balaban J connectivity index is 2.46. The van der Waals surface area contributed by atoms with Gasteiger partial charge < -0.3 is 0 Å². The largest absolute Gasteiger partial charge is 0.271 e. The van der Waals surface area contributed by atoms with Crippen LogP contribution in [-0.4, -0.2) is 9.97 Å². The van der Waals surface area contributed by atoms with E-state index >= 15 is 0 Å². The summed E-state index contributed by atoms with van der Waals surface area (Å²) in [5.74, 6) is 4.92. The molecule has 3 N–H and O–H groups in total. The van der Waals surface area contributed by atoms with Crippen molar-refractivity contribution in [1.82, 2.24) is 15.4 Å². The predicted molar refractivity (Wildman–Crippen MR) is 62.6 cm³/mol. The molecule has 2 rings (SSSR count). The van der Waals surface area contributed by atoms with E-state index in [1.807, 2.05) is 0 Å². The molecule has 0 aliphatic carbocycles. The van der Waals surface area contributed by atoms with Crippen LogP contribution in [0.2, 0.25) is 5.02 Å². The van der Waals surface area contributed by atoms with E-state index in [2.05, 4.69) is 15.4 Å². The molecule has 0 saturated heterocycles. The lowest BCUT2D eigenvalue weighted by atomic mass is 10.0. The molecule has 0 saturated carbocycles. The first kappa shape index (κ1) is 11.9. The molecule has 17 heavy (non-hydrogen) atoms. The summed E-state index contributed by atoms with van der Waals surface area (Å²) in [6, 6.07) is 4.15. The Morgan fingerprint density at radius 2 is 2.18 bits per heavy atom. The number of nitrogens with zero attached hydrogens (tertiary/aromatic N) is 2. The van der Waals surface area contributed by atoms with Crippen molar-refractivity contribution in [3.05, 3.63) is 58.9 Å². The zero-order valence-corrected chi connectivity index (χ0v) is 9.53. The molecule has 0 spiro atoms. The summed E-state index contributed by atoms with van der Waals surface area (Å²) in [5.41, 5.74) is 3.36. The second kappa shape index (κ2) is 5.18. The van der Waals surface area contributed by atoms with E-state index in [9.17, 15) is 4.39 Å². The van der Waals surface area contributed by atoms with E-state index in [0.29, 0.717) is 11.3 Å². The van der Waals surface area contributed by atoms with Gasteiger partial charge in [-0.2, -0.15) is 0 Å². The van der Waals surface area contributed by atoms with Crippen molar-refractivity contribution in [2.75, 3.05) is 0 Å². The standard InChI is InChI=1S/C11H10ClFN4/c12-8-3-1-2-7(10(8)13)11(17-14)9-6-15-4-5-16-9/h1-6,11,17H,14H2. The molecule has 1 atom stereocenters. The van der Waals surface area contributed by atoms with Gasteiger partial charge >= 0.3 is 0 Å². The third-order valence-electron chi connectivity index (χ3n) is 2.34. The number of halogens is 2. The molecule has 0 fully saturated rings. The fourth-order valence-corrected chi connectivity index (χ4v) is 1.72. The van der Waals surface area contributed by atoms with E-state index in [1.54, 1.807) is 12.1 Å². The molecule has 1 heterocycles. The SMILES string of the molecule is NNC(c1cnccn1)c1cccc(Cl)c1F. The van der Waals surface area contributed by atoms with Crippen LogP contribution < -0.4 is 11.3 Å². The number of hydrogen-bond acceptors (Lipinski definition) is 4. The summed E-state index contributed by atoms with van der Waals surface area (Å²) < 4.78 is 13.8. The van der Waals surface area contributed by atoms with Gasteiger partial charge in [0, 0.05) is 18.0 Å². The van der Waals surface area contributed by atoms with Crippen LogP contribution in [0.15, 0.2) is 36.8 Å². The molecule has 4 nitrogen and oxygen atoms in total. The molecule has 0 aliphatic heterocycles. The first-order chi connectivity index (χ1) is 8.24. The topological polar surface area (TPSA) is 63.8 Å². The number of nitrogens with two attached hydrogens (primary N) is 1. The summed E-state index contributed by atoms with van der Waals surface area (Å²) in [5, 5.41) is 0.0478. The van der Waals surface area contributed by atoms with Crippen LogP contribution in [0.5, 0.6) is 0 Å². The van der Waals surface area contributed by atoms with Crippen molar-refractivity contribution >= 4 is 11.6 Å². The highest BCUT2D eigenvalue weighted by atomic mass is 35.5. The lowest BCUT2D eigenvalue weighted by Gasteiger charge is -2.16. The normalized spacial score (nSPS) is 12.4. The van der Waals surface area contributed by atoms with Gasteiger partial charge in [-0.1, -0.05) is 23.7 Å². The summed E-state index contributed by atoms with van der Waals surface area (Å²) in [7, 11) is 0. The number of rotatable bonds is 3. The first-order valence-electron chi connectivity index (χ1n) is 4.90. The zero-order valence-electron chi connectivity index (χ0n) is 8.77. The van der Waals surface area contributed by atoms with Crippen molar-refractivity contribution in [2.45, 2.75) is 6.04 Å². The van der Waals surface area contributed by atoms with Gasteiger partial charge in [0.25, 0.3) is 0 Å². The summed E-state index contributed by atoms with van der Waals surface area (Å²) >= 11 is 5.72. The molecule has 1 aromatic heterocycles. The second-order valence-corrected chi connectivity index (χ2v) is 3.78. The molecule has 0 amide bonds. The monoisotopic (exact) mass is 252 g/mol. The fraction of sp³-hybridized carbons (Fsp3) is 0.0909. The summed E-state index contributed by atoms with van der Waals surface area (Å²) in [4.78, 5) is 8.00. The lowest BCUT2D eigenvalue weighted by molar-refractivity contribution is 0.552. The molecule has 1 aromatic carbocycles. The average molecular weight is 253 g/mol. The van der Waals surface area contributed by atoms with Crippen molar-refractivity contribution < 1.29 is 4.39 Å². The first-order valence-corrected chi connectivity index (χ1v) is 5.27. The van der Waals surface area contributed by atoms with E-state index in [1.165, 1.54) is 24.7 Å². The van der Waals surface area contributed by atoms with E-state index in [4.69, 9.17) is 17.4 Å². The molecule has 0 bridgehead atoms. The fourth-order valence-electron chi connectivity index (χ4n) is 1.54. The Morgan fingerprint density at radius 3 is 2.82 bits per heavy atom. The van der Waals surface area contributed by atoms with Crippen LogP contribution in [0.4, 0.5) is 4.39 Å². The van der Waals surface area contributed by atoms with Crippen LogP contribution in [-0.2, 0) is 0 Å². The van der Waals surface area contributed by atoms with Crippen LogP contribution in [0.3, 0.4) is 0 Å². The van der Waals surface area contributed by atoms with Crippen molar-refractivity contribution in [2.24, 2.45) is 5.84 Å². The van der Waals surface area contributed by atoms with E-state index < -0.39 is 11.9 Å². The van der Waals surface area contributed by atoms with Crippen molar-refractivity contribution in [3.63, 3.8) is 0 Å². The molecule has 2 aromatic rings. The second-order valence-electron chi connectivity index (χ2n) is 3.37. The third-order valence-corrected chi connectivity index (χ3v) is 2.63. The Kier molecular flexibility index (Phi) is 3.63. The van der Waals surface area contributed by atoms with Crippen molar-refractivity contribution in [3.8, 4) is 0 Å². The smallest absolute Gasteiger partial charge is 0.147 e. The number of aromatic nitrogens is 2. The van der Waals surface area contributed by atoms with Gasteiger partial charge in [0.1, 0.15) is 5.82 Å². The van der Waals surface area contributed by atoms with Gasteiger partial charge in [-0.05, 0) is 6.07 Å². The minimum Gasteiger partial charge on any atom is -0.271 e. The van der Waals surface area contributed by atoms with Gasteiger partial charge in [-0.15, -0.1) is 0 Å². The Morgan fingerprint density at radius 1 is 1.35 bits per heavy atom. The maximum atomic E-state index is 13.8. The molecule has 6 heteroatoms. The minimum absolute atomic E-state index is 0.0478. The van der Waals surface area contributed by atoms with E-state index in [0.717, 1.165) is 0 Å². The third kappa shape index (κ3) is 2.41. The average Bonchev–Trinajstić information content (AvgIpc) is 2.37. The Hall–Kier alpha value is -1.56. The number of nitrogens with one attached hydrogen (secondary N) is 1. The Bertz CT molecular complexity index is 506. The van der Waals surface area contributed by atoms with Gasteiger partial charge in [0.15, 0.2) is 0 Å². The van der Waals surface area contributed by atoms with Crippen LogP contribution in [0, 0.1) is 5.82 Å². The van der Waals surface area contributed by atoms with E-state index in [-0.39, 0.29) is 5.02 Å². The van der Waals surface area contributed by atoms with Gasteiger partial charge in [0.2, 0.25) is 0 Å². The lowest BCUT2D eigenvalue weighted by Crippen LogP contribution is -2.30. The van der Waals surface area contributed by atoms with Crippen LogP contribution in [0.1, 0.15) is 17.3 Å². The summed E-state index contributed by atoms with van der Waals surface area (Å²) in [6.07, 6.45) is 4.57. The van der Waals surface area contributed by atoms with Crippen LogP contribution in [0.25, 0.3) is 0 Å². The predicted octanol–water partition coefficient (Wildman–Crippen LogP) is 1.82.